The van der Waals surface area contributed by atoms with Gasteiger partial charge in [0.25, 0.3) is 0 Å². The molecule has 2 heterocycles. The van der Waals surface area contributed by atoms with Gasteiger partial charge in [-0.3, -0.25) is 14.4 Å². The highest BCUT2D eigenvalue weighted by Crippen LogP contribution is 2.26. The summed E-state index contributed by atoms with van der Waals surface area (Å²) in [5.74, 6) is 5.58. The summed E-state index contributed by atoms with van der Waals surface area (Å²) in [6.45, 7) is 1.65. The Morgan fingerprint density at radius 2 is 1.89 bits per heavy atom. The minimum atomic E-state index is -0.562. The predicted molar refractivity (Wildman–Crippen MR) is 99.7 cm³/mol. The van der Waals surface area contributed by atoms with E-state index in [1.165, 1.54) is 18.6 Å². The molecule has 3 aromatic rings. The minimum absolute atomic E-state index is 0.163. The van der Waals surface area contributed by atoms with E-state index in [1.807, 2.05) is 0 Å². The third-order valence-corrected chi connectivity index (χ3v) is 3.85. The Balaban J connectivity index is 1.96. The van der Waals surface area contributed by atoms with Crippen molar-refractivity contribution in [2.75, 3.05) is 5.01 Å². The molecular formula is C18H18FN7O. The van der Waals surface area contributed by atoms with Crippen molar-refractivity contribution in [1.82, 2.24) is 14.5 Å². The molecule has 27 heavy (non-hydrogen) atoms. The second-order valence-electron chi connectivity index (χ2n) is 5.79. The second kappa shape index (κ2) is 7.26. The van der Waals surface area contributed by atoms with Crippen molar-refractivity contribution >= 4 is 17.3 Å². The van der Waals surface area contributed by atoms with Crippen LogP contribution in [0.3, 0.4) is 0 Å². The van der Waals surface area contributed by atoms with Crippen LogP contribution in [-0.2, 0) is 0 Å². The number of nitrogens with two attached hydrogens (primary N) is 3. The number of primary amides is 1. The van der Waals surface area contributed by atoms with E-state index in [0.717, 1.165) is 5.01 Å². The largest absolute Gasteiger partial charge is 0.400 e. The minimum Gasteiger partial charge on any atom is -0.400 e. The molecule has 6 N–H and O–H groups in total. The zero-order chi connectivity index (χ0) is 19.6. The van der Waals surface area contributed by atoms with Gasteiger partial charge < -0.3 is 11.5 Å². The van der Waals surface area contributed by atoms with Gasteiger partial charge in [0.05, 0.1) is 11.3 Å². The molecule has 0 saturated heterocycles. The number of carbonyl (C=O) groups is 1. The summed E-state index contributed by atoms with van der Waals surface area (Å²) in [7, 11) is 0. The summed E-state index contributed by atoms with van der Waals surface area (Å²) in [6.07, 6.45) is 4.54. The number of benzene rings is 1. The average molecular weight is 367 g/mol. The van der Waals surface area contributed by atoms with Crippen molar-refractivity contribution in [3.8, 4) is 5.82 Å². The molecule has 2 aromatic heterocycles. The van der Waals surface area contributed by atoms with E-state index >= 15 is 0 Å². The van der Waals surface area contributed by atoms with Gasteiger partial charge in [-0.25, -0.2) is 20.2 Å². The Hall–Kier alpha value is -3.72. The number of pyridine rings is 1. The predicted octanol–water partition coefficient (Wildman–Crippen LogP) is 1.53. The van der Waals surface area contributed by atoms with Crippen molar-refractivity contribution in [3.63, 3.8) is 0 Å². The van der Waals surface area contributed by atoms with E-state index in [9.17, 15) is 9.18 Å². The maximum Gasteiger partial charge on any atom is 0.250 e. The third-order valence-electron chi connectivity index (χ3n) is 3.85. The highest BCUT2D eigenvalue weighted by molar-refractivity contribution is 5.92. The molecule has 1 aromatic carbocycles. The summed E-state index contributed by atoms with van der Waals surface area (Å²) in [5, 5.41) is 1.15. The molecule has 8 nitrogen and oxygen atoms in total. The third kappa shape index (κ3) is 3.62. The number of imidazole rings is 1. The van der Waals surface area contributed by atoms with Crippen LogP contribution < -0.4 is 22.3 Å². The highest BCUT2D eigenvalue weighted by atomic mass is 19.1. The molecular weight excluding hydrogens is 349 g/mol. The first-order chi connectivity index (χ1) is 12.9. The number of para-hydroxylation sites is 1. The summed E-state index contributed by atoms with van der Waals surface area (Å²) in [6, 6.07) is 9.28. The number of nitrogens with zero attached hydrogens (tertiary/aromatic N) is 4. The fraction of sp³-hybridized carbons (Fsp3) is 0.0556. The van der Waals surface area contributed by atoms with Crippen molar-refractivity contribution in [1.29, 1.82) is 0 Å². The van der Waals surface area contributed by atoms with Crippen molar-refractivity contribution in [2.24, 2.45) is 17.3 Å². The molecule has 1 amide bonds. The van der Waals surface area contributed by atoms with E-state index < -0.39 is 11.7 Å². The first-order valence-electron chi connectivity index (χ1n) is 7.94. The highest BCUT2D eigenvalue weighted by Gasteiger charge is 2.18. The quantitative estimate of drug-likeness (QED) is 0.463. The average Bonchev–Trinajstić information content (AvgIpc) is 3.11. The number of rotatable bonds is 5. The van der Waals surface area contributed by atoms with Crippen LogP contribution in [-0.4, -0.2) is 20.4 Å². The lowest BCUT2D eigenvalue weighted by molar-refractivity contribution is 0.1000. The van der Waals surface area contributed by atoms with Gasteiger partial charge in [-0.15, -0.1) is 0 Å². The van der Waals surface area contributed by atoms with Crippen LogP contribution in [0, 0.1) is 5.82 Å². The Labute approximate surface area is 154 Å². The molecule has 3 rings (SSSR count). The molecule has 0 aliphatic heterocycles. The number of anilines is 1. The number of halogens is 1. The number of hydrogen-bond donors (Lipinski definition) is 3. The molecule has 0 aliphatic rings. The summed E-state index contributed by atoms with van der Waals surface area (Å²) in [4.78, 5) is 19.6. The Bertz CT molecular complexity index is 1010. The van der Waals surface area contributed by atoms with Gasteiger partial charge in [-0.1, -0.05) is 12.1 Å². The zero-order valence-corrected chi connectivity index (χ0v) is 14.5. The first-order valence-corrected chi connectivity index (χ1v) is 7.94. The second-order valence-corrected chi connectivity index (χ2v) is 5.79. The van der Waals surface area contributed by atoms with Gasteiger partial charge in [-0.2, -0.15) is 0 Å². The molecule has 0 radical (unpaired) electrons. The molecule has 0 saturated carbocycles. The van der Waals surface area contributed by atoms with E-state index in [0.29, 0.717) is 28.5 Å². The van der Waals surface area contributed by atoms with Crippen molar-refractivity contribution < 1.29 is 9.18 Å². The zero-order valence-electron chi connectivity index (χ0n) is 14.5. The van der Waals surface area contributed by atoms with Gasteiger partial charge in [0, 0.05) is 18.1 Å². The van der Waals surface area contributed by atoms with Gasteiger partial charge in [0.1, 0.15) is 29.4 Å². The van der Waals surface area contributed by atoms with Crippen LogP contribution in [0.5, 0.6) is 0 Å². The molecule has 0 atom stereocenters. The first kappa shape index (κ1) is 18.1. The normalized spacial score (nSPS) is 11.8. The molecule has 0 unspecified atom stereocenters. The molecule has 9 heteroatoms. The SMILES string of the molecule is C/C(N)=C(\c1cn(-c2ccc(C(N)=O)cn2)cn1)N(N)c1ccccc1F. The monoisotopic (exact) mass is 367 g/mol. The topological polar surface area (TPSA) is 129 Å². The summed E-state index contributed by atoms with van der Waals surface area (Å²) < 4.78 is 15.7. The van der Waals surface area contributed by atoms with Gasteiger partial charge >= 0.3 is 0 Å². The van der Waals surface area contributed by atoms with Gasteiger partial charge in [0.2, 0.25) is 5.91 Å². The lowest BCUT2D eigenvalue weighted by Gasteiger charge is -2.22. The fourth-order valence-corrected chi connectivity index (χ4v) is 2.54. The molecule has 0 aliphatic carbocycles. The summed E-state index contributed by atoms with van der Waals surface area (Å²) >= 11 is 0. The van der Waals surface area contributed by atoms with Crippen LogP contribution in [0.15, 0.2) is 60.8 Å². The van der Waals surface area contributed by atoms with Crippen LogP contribution in [0.1, 0.15) is 23.0 Å². The Kier molecular flexibility index (Phi) is 4.86. The maximum atomic E-state index is 14.1. The molecule has 0 fully saturated rings. The van der Waals surface area contributed by atoms with E-state index in [-0.39, 0.29) is 5.69 Å². The van der Waals surface area contributed by atoms with Crippen molar-refractivity contribution in [3.05, 3.63) is 77.9 Å². The smallest absolute Gasteiger partial charge is 0.250 e. The Morgan fingerprint density at radius 3 is 2.48 bits per heavy atom. The van der Waals surface area contributed by atoms with Crippen LogP contribution in [0.2, 0.25) is 0 Å². The van der Waals surface area contributed by atoms with Crippen LogP contribution >= 0.6 is 0 Å². The molecule has 0 spiro atoms. The van der Waals surface area contributed by atoms with Gasteiger partial charge in [0.15, 0.2) is 0 Å². The van der Waals surface area contributed by atoms with E-state index in [1.54, 1.807) is 48.0 Å². The number of carbonyl (C=O) groups excluding carboxylic acids is 1. The number of amides is 1. The number of hydrazine groups is 1. The van der Waals surface area contributed by atoms with Crippen LogP contribution in [0.25, 0.3) is 11.5 Å². The molecule has 138 valence electrons. The fourth-order valence-electron chi connectivity index (χ4n) is 2.54. The molecule has 0 bridgehead atoms. The Morgan fingerprint density at radius 1 is 1.15 bits per heavy atom. The number of allylic oxidation sites excluding steroid dienone is 1. The maximum absolute atomic E-state index is 14.1. The summed E-state index contributed by atoms with van der Waals surface area (Å²) in [5.41, 5.74) is 12.8. The number of aromatic nitrogens is 3. The number of hydrogen-bond acceptors (Lipinski definition) is 6. The van der Waals surface area contributed by atoms with Crippen molar-refractivity contribution in [2.45, 2.75) is 6.92 Å². The van der Waals surface area contributed by atoms with E-state index in [4.69, 9.17) is 17.3 Å². The van der Waals surface area contributed by atoms with E-state index in [2.05, 4.69) is 9.97 Å². The van der Waals surface area contributed by atoms with Gasteiger partial charge in [-0.05, 0) is 31.2 Å². The lowest BCUT2D eigenvalue weighted by Crippen LogP contribution is -2.32. The van der Waals surface area contributed by atoms with Crippen LogP contribution in [0.4, 0.5) is 10.1 Å². The lowest BCUT2D eigenvalue weighted by atomic mass is 10.2. The standard InChI is InChI=1S/C18H18FN7O/c1-11(20)17(26(22)15-5-3-2-4-13(15)19)14-9-25(10-24-14)16-7-6-12(8-23-16)18(21)27/h2-10H,20,22H2,1H3,(H2,21,27)/b17-11-.